The van der Waals surface area contributed by atoms with Crippen LogP contribution in [0.4, 0.5) is 0 Å². The van der Waals surface area contributed by atoms with Crippen LogP contribution in [0.1, 0.15) is 36.0 Å². The van der Waals surface area contributed by atoms with Gasteiger partial charge in [-0.3, -0.25) is 9.59 Å². The van der Waals surface area contributed by atoms with Crippen LogP contribution in [0.25, 0.3) is 0 Å². The van der Waals surface area contributed by atoms with Gasteiger partial charge in [0.1, 0.15) is 0 Å². The summed E-state index contributed by atoms with van der Waals surface area (Å²) in [5, 5.41) is 8.98. The first-order chi connectivity index (χ1) is 14.5. The van der Waals surface area contributed by atoms with Crippen LogP contribution in [0.3, 0.4) is 0 Å². The normalized spacial score (nSPS) is 12.7. The van der Waals surface area contributed by atoms with E-state index in [0.29, 0.717) is 6.42 Å². The lowest BCUT2D eigenvalue weighted by atomic mass is 10.1. The summed E-state index contributed by atoms with van der Waals surface area (Å²) in [6.45, 7) is 0. The molecule has 1 N–H and O–H groups in total. The molecule has 0 atom stereocenters. The fourth-order valence-electron chi connectivity index (χ4n) is 2.89. The van der Waals surface area contributed by atoms with Crippen molar-refractivity contribution >= 4 is 41.1 Å². The summed E-state index contributed by atoms with van der Waals surface area (Å²) in [5.41, 5.74) is 1.49. The summed E-state index contributed by atoms with van der Waals surface area (Å²) in [7, 11) is 0. The van der Waals surface area contributed by atoms with Crippen molar-refractivity contribution in [3.8, 4) is 11.8 Å². The molecule has 1 aromatic heterocycles. The second kappa shape index (κ2) is 8.57. The first-order valence-corrected chi connectivity index (χ1v) is 10.6. The van der Waals surface area contributed by atoms with Gasteiger partial charge in [0.15, 0.2) is 0 Å². The van der Waals surface area contributed by atoms with Crippen molar-refractivity contribution in [2.75, 3.05) is 0 Å². The minimum Gasteiger partial charge on any atom is -0.478 e. The van der Waals surface area contributed by atoms with Gasteiger partial charge < -0.3 is 5.11 Å². The number of fused-ring (bicyclic) bond motifs is 1. The van der Waals surface area contributed by atoms with Crippen LogP contribution >= 0.6 is 23.3 Å². The Kier molecular flexibility index (Phi) is 5.70. The lowest BCUT2D eigenvalue weighted by Crippen LogP contribution is -2.34. The second-order valence-electron chi connectivity index (χ2n) is 6.51. The highest BCUT2D eigenvalue weighted by molar-refractivity contribution is 7.98. The summed E-state index contributed by atoms with van der Waals surface area (Å²) in [5.74, 6) is 4.46. The number of carboxylic acid groups (broad SMARTS) is 1. The lowest BCUT2D eigenvalue weighted by molar-refractivity contribution is -0.123. The van der Waals surface area contributed by atoms with E-state index in [1.165, 1.54) is 35.6 Å². The van der Waals surface area contributed by atoms with Crippen LogP contribution < -0.4 is 0 Å². The third kappa shape index (κ3) is 4.30. The zero-order valence-electron chi connectivity index (χ0n) is 15.6. The predicted octanol–water partition coefficient (Wildman–Crippen LogP) is 4.27. The molecule has 0 radical (unpaired) electrons. The van der Waals surface area contributed by atoms with Gasteiger partial charge in [-0.1, -0.05) is 42.2 Å². The number of amides is 2. The first kappa shape index (κ1) is 20.0. The Bertz CT molecular complexity index is 1190. The number of benzene rings is 2. The topological polar surface area (TPSA) is 74.7 Å². The zero-order valence-corrected chi connectivity index (χ0v) is 17.3. The molecule has 1 aliphatic heterocycles. The molecule has 30 heavy (non-hydrogen) atoms. The highest BCUT2D eigenvalue weighted by Crippen LogP contribution is 2.38. The monoisotopic (exact) mass is 433 g/mol. The Labute approximate surface area is 181 Å². The van der Waals surface area contributed by atoms with Crippen molar-refractivity contribution in [3.63, 3.8) is 0 Å². The zero-order chi connectivity index (χ0) is 21.1. The smallest absolute Gasteiger partial charge is 0.335 e. The van der Waals surface area contributed by atoms with Crippen LogP contribution in [0, 0.1) is 11.8 Å². The maximum Gasteiger partial charge on any atom is 0.335 e. The average Bonchev–Trinajstić information content (AvgIpc) is 3.15. The van der Waals surface area contributed by atoms with Gasteiger partial charge in [0.2, 0.25) is 5.91 Å². The van der Waals surface area contributed by atoms with E-state index in [-0.39, 0.29) is 23.5 Å². The summed E-state index contributed by atoms with van der Waals surface area (Å²) in [4.78, 5) is 38.8. The maximum absolute atomic E-state index is 12.7. The SMILES string of the molecule is O=C(O)c1ccc(C(=O)N2Sc3cc(C#CCc4ccccc4)sc3CC2=O)cc1. The number of carbonyl (C=O) groups excluding carboxylic acids is 2. The molecule has 2 aromatic carbocycles. The molecule has 0 saturated carbocycles. The van der Waals surface area contributed by atoms with Crippen molar-refractivity contribution in [1.82, 2.24) is 4.31 Å². The van der Waals surface area contributed by atoms with E-state index in [4.69, 9.17) is 5.11 Å². The van der Waals surface area contributed by atoms with Crippen molar-refractivity contribution in [1.29, 1.82) is 0 Å². The quantitative estimate of drug-likeness (QED) is 0.379. The fourth-order valence-corrected chi connectivity index (χ4v) is 5.02. The van der Waals surface area contributed by atoms with Crippen molar-refractivity contribution in [3.05, 3.63) is 87.1 Å². The number of carboxylic acids is 1. The molecule has 7 heteroatoms. The predicted molar refractivity (Wildman–Crippen MR) is 115 cm³/mol. The van der Waals surface area contributed by atoms with Gasteiger partial charge in [0.05, 0.1) is 16.9 Å². The van der Waals surface area contributed by atoms with Gasteiger partial charge in [-0.15, -0.1) is 11.3 Å². The number of hydrogen-bond acceptors (Lipinski definition) is 5. The largest absolute Gasteiger partial charge is 0.478 e. The van der Waals surface area contributed by atoms with E-state index in [9.17, 15) is 14.4 Å². The molecule has 2 heterocycles. The third-order valence-electron chi connectivity index (χ3n) is 4.41. The summed E-state index contributed by atoms with van der Waals surface area (Å²) < 4.78 is 1.13. The van der Waals surface area contributed by atoms with Crippen LogP contribution in [-0.4, -0.2) is 27.2 Å². The Morgan fingerprint density at radius 3 is 2.43 bits per heavy atom. The molecule has 0 saturated heterocycles. The van der Waals surface area contributed by atoms with E-state index in [1.54, 1.807) is 0 Å². The van der Waals surface area contributed by atoms with E-state index in [2.05, 4.69) is 11.8 Å². The molecule has 148 valence electrons. The first-order valence-electron chi connectivity index (χ1n) is 9.05. The molecule has 0 aliphatic carbocycles. The molecule has 5 nitrogen and oxygen atoms in total. The number of imide groups is 1. The van der Waals surface area contributed by atoms with Crippen LogP contribution in [0.2, 0.25) is 0 Å². The highest BCUT2D eigenvalue weighted by atomic mass is 32.2. The average molecular weight is 434 g/mol. The van der Waals surface area contributed by atoms with Crippen LogP contribution in [0.5, 0.6) is 0 Å². The minimum absolute atomic E-state index is 0.0861. The van der Waals surface area contributed by atoms with Crippen LogP contribution in [0.15, 0.2) is 65.6 Å². The molecule has 3 aromatic rings. The Morgan fingerprint density at radius 2 is 1.73 bits per heavy atom. The number of rotatable bonds is 3. The molecule has 0 unspecified atom stereocenters. The standard InChI is InChI=1S/C23H15NO4S2/c25-21-14-19-20(13-18(29-19)8-4-7-15-5-2-1-3-6-15)30-24(21)22(26)16-9-11-17(12-10-16)23(27)28/h1-3,5-6,9-13H,7,14H2,(H,27,28). The second-order valence-corrected chi connectivity index (χ2v) is 8.63. The third-order valence-corrected chi connectivity index (χ3v) is 6.70. The molecule has 0 fully saturated rings. The van der Waals surface area contributed by atoms with Gasteiger partial charge >= 0.3 is 5.97 Å². The van der Waals surface area contributed by atoms with Crippen LogP contribution in [-0.2, 0) is 17.6 Å². The molecule has 4 rings (SSSR count). The maximum atomic E-state index is 12.7. The summed E-state index contributed by atoms with van der Waals surface area (Å²) >= 11 is 2.56. The van der Waals surface area contributed by atoms with Gasteiger partial charge in [0.25, 0.3) is 5.91 Å². The fraction of sp³-hybridized carbons (Fsp3) is 0.0870. The van der Waals surface area contributed by atoms with Gasteiger partial charge in [-0.05, 0) is 47.8 Å². The van der Waals surface area contributed by atoms with E-state index in [1.807, 2.05) is 36.4 Å². The number of thiophene rings is 1. The lowest BCUT2D eigenvalue weighted by Gasteiger charge is -2.23. The molecule has 1 aliphatic rings. The van der Waals surface area contributed by atoms with Crippen molar-refractivity contribution < 1.29 is 19.5 Å². The highest BCUT2D eigenvalue weighted by Gasteiger charge is 2.31. The summed E-state index contributed by atoms with van der Waals surface area (Å²) in [6.07, 6.45) is 0.790. The van der Waals surface area contributed by atoms with E-state index in [0.717, 1.165) is 36.5 Å². The Balaban J connectivity index is 1.49. The summed E-state index contributed by atoms with van der Waals surface area (Å²) in [6, 6.07) is 17.4. The molecular formula is C23H15NO4S2. The minimum atomic E-state index is -1.07. The number of nitrogens with zero attached hydrogens (tertiary/aromatic N) is 1. The molecular weight excluding hydrogens is 418 g/mol. The number of hydrogen-bond donors (Lipinski definition) is 1. The van der Waals surface area contributed by atoms with E-state index >= 15 is 0 Å². The van der Waals surface area contributed by atoms with Gasteiger partial charge in [-0.25, -0.2) is 9.10 Å². The molecule has 0 spiro atoms. The Morgan fingerprint density at radius 1 is 1.03 bits per heavy atom. The number of carbonyl (C=O) groups is 3. The van der Waals surface area contributed by atoms with Crippen molar-refractivity contribution in [2.45, 2.75) is 17.7 Å². The Hall–Kier alpha value is -3.34. The van der Waals surface area contributed by atoms with Gasteiger partial charge in [-0.2, -0.15) is 0 Å². The molecule has 0 bridgehead atoms. The van der Waals surface area contributed by atoms with Gasteiger partial charge in [0, 0.05) is 21.8 Å². The molecule has 2 amide bonds. The van der Waals surface area contributed by atoms with E-state index < -0.39 is 11.9 Å². The van der Waals surface area contributed by atoms with Crippen molar-refractivity contribution in [2.24, 2.45) is 0 Å². The number of aromatic carboxylic acids is 1.